The van der Waals surface area contributed by atoms with E-state index < -0.39 is 0 Å². The van der Waals surface area contributed by atoms with Crippen molar-refractivity contribution in [2.24, 2.45) is 5.73 Å². The highest BCUT2D eigenvalue weighted by molar-refractivity contribution is 5.76. The topological polar surface area (TPSA) is 55.6 Å². The van der Waals surface area contributed by atoms with Crippen molar-refractivity contribution in [3.8, 4) is 0 Å². The van der Waals surface area contributed by atoms with Crippen LogP contribution in [0.2, 0.25) is 0 Å². The first-order chi connectivity index (χ1) is 12.2. The fourth-order valence-corrected chi connectivity index (χ4v) is 4.34. The largest absolute Gasteiger partial charge is 0.376 e. The minimum Gasteiger partial charge on any atom is -0.376 e. The minimum absolute atomic E-state index is 0.0462. The Morgan fingerprint density at radius 2 is 1.88 bits per heavy atom. The molecule has 2 aliphatic rings. The van der Waals surface area contributed by atoms with Crippen molar-refractivity contribution in [3.63, 3.8) is 0 Å². The molecule has 1 aliphatic heterocycles. The van der Waals surface area contributed by atoms with Crippen molar-refractivity contribution in [1.29, 1.82) is 0 Å². The molecule has 2 fully saturated rings. The number of likely N-dealkylation sites (tertiary alicyclic amines) is 1. The molecule has 1 aromatic rings. The molecule has 4 nitrogen and oxygen atoms in total. The number of amides is 1. The van der Waals surface area contributed by atoms with E-state index in [-0.39, 0.29) is 18.0 Å². The van der Waals surface area contributed by atoms with Crippen LogP contribution in [-0.4, -0.2) is 42.1 Å². The van der Waals surface area contributed by atoms with Crippen LogP contribution >= 0.6 is 0 Å². The zero-order chi connectivity index (χ0) is 17.6. The molecule has 1 aliphatic carbocycles. The third kappa shape index (κ3) is 4.62. The Hall–Kier alpha value is -1.39. The molecule has 1 saturated heterocycles. The molecule has 4 heteroatoms. The highest BCUT2D eigenvalue weighted by Gasteiger charge is 2.33. The lowest BCUT2D eigenvalue weighted by atomic mass is 9.83. The smallest absolute Gasteiger partial charge is 0.222 e. The molecule has 0 unspecified atom stereocenters. The molecule has 1 aromatic carbocycles. The van der Waals surface area contributed by atoms with Gasteiger partial charge in [0.1, 0.15) is 0 Å². The summed E-state index contributed by atoms with van der Waals surface area (Å²) in [5.41, 5.74) is 7.76. The minimum atomic E-state index is 0.0462. The maximum atomic E-state index is 12.2. The van der Waals surface area contributed by atoms with Gasteiger partial charge in [0, 0.05) is 19.0 Å². The first-order valence-corrected chi connectivity index (χ1v) is 9.90. The van der Waals surface area contributed by atoms with Gasteiger partial charge in [0.05, 0.1) is 18.8 Å². The molecule has 1 amide bonds. The number of rotatable bonds is 5. The first-order valence-electron chi connectivity index (χ1n) is 9.90. The molecule has 0 bridgehead atoms. The molecule has 1 saturated carbocycles. The Kier molecular flexibility index (Phi) is 6.49. The van der Waals surface area contributed by atoms with E-state index in [1.807, 2.05) is 11.8 Å². The molecule has 3 rings (SSSR count). The number of nitrogens with two attached hydrogens (primary N) is 1. The van der Waals surface area contributed by atoms with E-state index in [4.69, 9.17) is 10.5 Å². The van der Waals surface area contributed by atoms with Gasteiger partial charge in [0.2, 0.25) is 5.91 Å². The quantitative estimate of drug-likeness (QED) is 0.890. The van der Waals surface area contributed by atoms with Crippen molar-refractivity contribution in [2.75, 3.05) is 13.2 Å². The van der Waals surface area contributed by atoms with Gasteiger partial charge in [0.25, 0.3) is 0 Å². The maximum absolute atomic E-state index is 12.2. The number of hydrogen-bond donors (Lipinski definition) is 1. The van der Waals surface area contributed by atoms with E-state index in [9.17, 15) is 4.79 Å². The Morgan fingerprint density at radius 3 is 2.56 bits per heavy atom. The molecule has 0 radical (unpaired) electrons. The summed E-state index contributed by atoms with van der Waals surface area (Å²) in [6.07, 6.45) is 7.42. The molecular formula is C21H32N2O2. The van der Waals surface area contributed by atoms with Gasteiger partial charge in [-0.05, 0) is 50.0 Å². The number of nitrogens with zero attached hydrogens (tertiary/aromatic N) is 1. The van der Waals surface area contributed by atoms with Crippen LogP contribution in [0.3, 0.4) is 0 Å². The number of benzene rings is 1. The van der Waals surface area contributed by atoms with Gasteiger partial charge in [-0.1, -0.05) is 37.3 Å². The van der Waals surface area contributed by atoms with Crippen molar-refractivity contribution in [2.45, 2.75) is 76.0 Å². The zero-order valence-electron chi connectivity index (χ0n) is 15.4. The van der Waals surface area contributed by atoms with Crippen LogP contribution < -0.4 is 5.73 Å². The number of ether oxygens (including phenoxy) is 1. The zero-order valence-corrected chi connectivity index (χ0v) is 15.4. The molecule has 25 heavy (non-hydrogen) atoms. The summed E-state index contributed by atoms with van der Waals surface area (Å²) < 4.78 is 6.23. The fourth-order valence-electron chi connectivity index (χ4n) is 4.34. The van der Waals surface area contributed by atoms with Crippen molar-refractivity contribution in [1.82, 2.24) is 4.90 Å². The Labute approximate surface area is 151 Å². The van der Waals surface area contributed by atoms with E-state index >= 15 is 0 Å². The Balaban J connectivity index is 1.49. The summed E-state index contributed by atoms with van der Waals surface area (Å²) in [4.78, 5) is 14.2. The van der Waals surface area contributed by atoms with E-state index in [1.165, 1.54) is 18.4 Å². The standard InChI is InChI=1S/C21H32N2O2/c1-2-21(24)23-14-6-9-19(22)20(23)15-25-18-12-10-17(11-13-18)16-7-4-3-5-8-16/h3-5,7-8,17-20H,2,6,9-15,22H2,1H3/t17-,18+,19-,20-/m0/s1. The molecule has 138 valence electrons. The van der Waals surface area contributed by atoms with Crippen molar-refractivity contribution in [3.05, 3.63) is 35.9 Å². The highest BCUT2D eigenvalue weighted by Crippen LogP contribution is 2.34. The summed E-state index contributed by atoms with van der Waals surface area (Å²) >= 11 is 0. The van der Waals surface area contributed by atoms with Crippen LogP contribution in [0.15, 0.2) is 30.3 Å². The monoisotopic (exact) mass is 344 g/mol. The Bertz CT molecular complexity index is 540. The van der Waals surface area contributed by atoms with Crippen LogP contribution in [-0.2, 0) is 9.53 Å². The summed E-state index contributed by atoms with van der Waals surface area (Å²) in [7, 11) is 0. The van der Waals surface area contributed by atoms with Crippen molar-refractivity contribution >= 4 is 5.91 Å². The van der Waals surface area contributed by atoms with E-state index in [1.54, 1.807) is 0 Å². The van der Waals surface area contributed by atoms with E-state index in [0.717, 1.165) is 32.2 Å². The Morgan fingerprint density at radius 1 is 1.16 bits per heavy atom. The summed E-state index contributed by atoms with van der Waals surface area (Å²) in [6, 6.07) is 10.9. The third-order valence-electron chi connectivity index (χ3n) is 5.90. The van der Waals surface area contributed by atoms with Gasteiger partial charge in [0.15, 0.2) is 0 Å². The lowest BCUT2D eigenvalue weighted by molar-refractivity contribution is -0.138. The average molecular weight is 344 g/mol. The molecule has 0 aromatic heterocycles. The van der Waals surface area contributed by atoms with Gasteiger partial charge in [-0.15, -0.1) is 0 Å². The van der Waals surface area contributed by atoms with Gasteiger partial charge in [-0.25, -0.2) is 0 Å². The summed E-state index contributed by atoms with van der Waals surface area (Å²) in [5, 5.41) is 0. The molecule has 1 heterocycles. The number of carbonyl (C=O) groups is 1. The average Bonchev–Trinajstić information content (AvgIpc) is 2.67. The van der Waals surface area contributed by atoms with E-state index in [0.29, 0.717) is 25.0 Å². The number of piperidine rings is 1. The predicted molar refractivity (Wildman–Crippen MR) is 100 cm³/mol. The second-order valence-electron chi connectivity index (χ2n) is 7.53. The van der Waals surface area contributed by atoms with Gasteiger partial charge in [-0.2, -0.15) is 0 Å². The van der Waals surface area contributed by atoms with Crippen molar-refractivity contribution < 1.29 is 9.53 Å². The fraction of sp³-hybridized carbons (Fsp3) is 0.667. The van der Waals surface area contributed by atoms with Gasteiger partial charge >= 0.3 is 0 Å². The first kappa shape index (κ1) is 18.4. The second-order valence-corrected chi connectivity index (χ2v) is 7.53. The van der Waals surface area contributed by atoms with Gasteiger partial charge < -0.3 is 15.4 Å². The third-order valence-corrected chi connectivity index (χ3v) is 5.90. The molecular weight excluding hydrogens is 312 g/mol. The van der Waals surface area contributed by atoms with Crippen LogP contribution in [0.5, 0.6) is 0 Å². The molecule has 2 N–H and O–H groups in total. The predicted octanol–water partition coefficient (Wildman–Crippen LogP) is 3.46. The molecule has 2 atom stereocenters. The summed E-state index contributed by atoms with van der Waals surface area (Å²) in [5.74, 6) is 0.868. The van der Waals surface area contributed by atoms with E-state index in [2.05, 4.69) is 30.3 Å². The van der Waals surface area contributed by atoms with Crippen LogP contribution in [0.25, 0.3) is 0 Å². The van der Waals surface area contributed by atoms with Crippen LogP contribution in [0, 0.1) is 0 Å². The summed E-state index contributed by atoms with van der Waals surface area (Å²) in [6.45, 7) is 3.34. The van der Waals surface area contributed by atoms with Crippen LogP contribution in [0.4, 0.5) is 0 Å². The van der Waals surface area contributed by atoms with Gasteiger partial charge in [-0.3, -0.25) is 4.79 Å². The lowest BCUT2D eigenvalue weighted by Gasteiger charge is -2.40. The SMILES string of the molecule is CCC(=O)N1CCC[C@H](N)[C@@H]1CO[C@H]1CC[C@@H](c2ccccc2)CC1. The molecule has 0 spiro atoms. The second kappa shape index (κ2) is 8.81. The number of carbonyl (C=O) groups excluding carboxylic acids is 1. The normalized spacial score (nSPS) is 30.2. The highest BCUT2D eigenvalue weighted by atomic mass is 16.5. The lowest BCUT2D eigenvalue weighted by Crippen LogP contribution is -2.56. The van der Waals surface area contributed by atoms with Crippen LogP contribution in [0.1, 0.15) is 63.4 Å². The number of hydrogen-bond acceptors (Lipinski definition) is 3. The maximum Gasteiger partial charge on any atom is 0.222 e.